The minimum absolute atomic E-state index is 0.000497. The van der Waals surface area contributed by atoms with E-state index in [0.29, 0.717) is 11.1 Å². The summed E-state index contributed by atoms with van der Waals surface area (Å²) in [4.78, 5) is 15.9. The number of thioether (sulfide) groups is 1. The zero-order chi connectivity index (χ0) is 32.0. The number of hydrogen-bond acceptors (Lipinski definition) is 4. The van der Waals surface area contributed by atoms with Gasteiger partial charge in [0, 0.05) is 15.7 Å². The topological polar surface area (TPSA) is 63.2 Å². The lowest BCUT2D eigenvalue weighted by Crippen LogP contribution is -2.39. The molecule has 5 aromatic carbocycles. The first-order chi connectivity index (χ1) is 21.5. The molecule has 0 bridgehead atoms. The summed E-state index contributed by atoms with van der Waals surface area (Å²) in [6.07, 6.45) is 0. The van der Waals surface area contributed by atoms with Gasteiger partial charge in [-0.25, -0.2) is 13.1 Å². The fraction of sp³-hybridized carbons (Fsp3) is 0.205. The summed E-state index contributed by atoms with van der Waals surface area (Å²) < 4.78 is 31.0. The van der Waals surface area contributed by atoms with E-state index in [4.69, 9.17) is 0 Å². The molecule has 0 heterocycles. The van der Waals surface area contributed by atoms with Gasteiger partial charge in [-0.15, -0.1) is 11.8 Å². The zero-order valence-electron chi connectivity index (χ0n) is 26.1. The van der Waals surface area contributed by atoms with Crippen LogP contribution in [0.5, 0.6) is 0 Å². The Balaban J connectivity index is 1.68. The van der Waals surface area contributed by atoms with Crippen molar-refractivity contribution < 1.29 is 13.2 Å². The average Bonchev–Trinajstić information content (AvgIpc) is 3.05. The van der Waals surface area contributed by atoms with Crippen LogP contribution in [0.3, 0.4) is 0 Å². The third kappa shape index (κ3) is 8.01. The summed E-state index contributed by atoms with van der Waals surface area (Å²) in [5.41, 5.74) is 4.36. The summed E-state index contributed by atoms with van der Waals surface area (Å²) in [7, 11) is -4.01. The highest BCUT2D eigenvalue weighted by atomic mass is 32.2. The van der Waals surface area contributed by atoms with Gasteiger partial charge in [-0.3, -0.25) is 4.79 Å². The molecule has 5 rings (SSSR count). The number of Topliss-reactive ketones (excluding diaryl/α,β-unsaturated/α-hetero) is 1. The number of sulfonamides is 1. The normalized spacial score (nSPS) is 14.0. The minimum Gasteiger partial charge on any atom is -0.294 e. The van der Waals surface area contributed by atoms with Crippen molar-refractivity contribution in [3.05, 3.63) is 167 Å². The van der Waals surface area contributed by atoms with Crippen molar-refractivity contribution in [1.82, 2.24) is 4.72 Å². The van der Waals surface area contributed by atoms with Gasteiger partial charge in [-0.2, -0.15) is 0 Å². The van der Waals surface area contributed by atoms with Gasteiger partial charge < -0.3 is 0 Å². The molecule has 0 fully saturated rings. The Hall–Kier alpha value is -3.97. The van der Waals surface area contributed by atoms with Crippen LogP contribution in [0.1, 0.15) is 64.7 Å². The Morgan fingerprint density at radius 3 is 1.71 bits per heavy atom. The predicted molar refractivity (Wildman–Crippen MR) is 185 cm³/mol. The van der Waals surface area contributed by atoms with E-state index in [1.54, 1.807) is 48.2 Å². The van der Waals surface area contributed by atoms with E-state index < -0.39 is 27.2 Å². The van der Waals surface area contributed by atoms with Crippen LogP contribution in [0.4, 0.5) is 0 Å². The third-order valence-electron chi connectivity index (χ3n) is 7.93. The van der Waals surface area contributed by atoms with E-state index in [1.165, 1.54) is 5.56 Å². The molecule has 0 aliphatic heterocycles. The largest absolute Gasteiger partial charge is 0.294 e. The SMILES string of the molecule is Cc1ccc(S(=O)(=O)N[C@H](c2ccccc2)[C@H](C(=O)c2ccccc2)[C@H](Sc2ccc(C(C)(C)C)cc2)c2ccccc2)cc1. The molecule has 0 amide bonds. The number of carbonyl (C=O) groups is 1. The molecule has 0 saturated carbocycles. The van der Waals surface area contributed by atoms with Crippen LogP contribution in [0.25, 0.3) is 0 Å². The Bertz CT molecular complexity index is 1800. The summed E-state index contributed by atoms with van der Waals surface area (Å²) in [6, 6.07) is 42.9. The van der Waals surface area contributed by atoms with Gasteiger partial charge in [-0.05, 0) is 53.3 Å². The molecule has 0 radical (unpaired) electrons. The molecular formula is C39H39NO3S2. The maximum absolute atomic E-state index is 14.8. The zero-order valence-corrected chi connectivity index (χ0v) is 27.7. The number of nitrogens with one attached hydrogen (secondary N) is 1. The lowest BCUT2D eigenvalue weighted by Gasteiger charge is -2.34. The third-order valence-corrected chi connectivity index (χ3v) is 10.8. The quantitative estimate of drug-likeness (QED) is 0.116. The van der Waals surface area contributed by atoms with Crippen molar-refractivity contribution in [3.8, 4) is 0 Å². The van der Waals surface area contributed by atoms with Crippen molar-refractivity contribution in [2.45, 2.75) is 54.2 Å². The molecule has 3 atom stereocenters. The second-order valence-electron chi connectivity index (χ2n) is 12.3. The van der Waals surface area contributed by atoms with Crippen LogP contribution < -0.4 is 4.72 Å². The summed E-state index contributed by atoms with van der Waals surface area (Å²) >= 11 is 1.58. The summed E-state index contributed by atoms with van der Waals surface area (Å²) in [5.74, 6) is -0.937. The van der Waals surface area contributed by atoms with Gasteiger partial charge in [0.1, 0.15) is 0 Å². The van der Waals surface area contributed by atoms with Crippen LogP contribution in [0, 0.1) is 12.8 Å². The number of benzene rings is 5. The fourth-order valence-electron chi connectivity index (χ4n) is 5.39. The van der Waals surface area contributed by atoms with Crippen molar-refractivity contribution in [2.75, 3.05) is 0 Å². The standard InChI is InChI=1S/C39H39NO3S2/c1-28-20-26-34(27-21-28)45(42,43)40-36(29-14-8-5-9-15-29)35(37(41)30-16-10-6-11-17-30)38(31-18-12-7-13-19-31)44-33-24-22-32(23-25-33)39(2,3)4/h5-27,35-36,38,40H,1-4H3/t35-,36-,38-/m1/s1. The van der Waals surface area contributed by atoms with Crippen LogP contribution in [0.2, 0.25) is 0 Å². The molecule has 0 aliphatic rings. The average molecular weight is 634 g/mol. The second kappa shape index (κ2) is 14.0. The Labute approximate surface area is 272 Å². The molecule has 0 aromatic heterocycles. The number of ketones is 1. The molecule has 0 spiro atoms. The lowest BCUT2D eigenvalue weighted by molar-refractivity contribution is 0.0892. The van der Waals surface area contributed by atoms with E-state index in [2.05, 4.69) is 49.8 Å². The fourth-order valence-corrected chi connectivity index (χ4v) is 7.95. The molecule has 0 unspecified atom stereocenters. The monoisotopic (exact) mass is 633 g/mol. The van der Waals surface area contributed by atoms with E-state index in [0.717, 1.165) is 16.0 Å². The molecule has 0 saturated heterocycles. The Kier molecular flexibility index (Phi) is 10.1. The molecule has 45 heavy (non-hydrogen) atoms. The number of aryl methyl sites for hydroxylation is 1. The highest BCUT2D eigenvalue weighted by Gasteiger charge is 2.40. The Morgan fingerprint density at radius 1 is 0.667 bits per heavy atom. The highest BCUT2D eigenvalue weighted by molar-refractivity contribution is 7.99. The van der Waals surface area contributed by atoms with E-state index in [1.807, 2.05) is 85.8 Å². The number of rotatable bonds is 11. The van der Waals surface area contributed by atoms with Crippen molar-refractivity contribution in [1.29, 1.82) is 0 Å². The van der Waals surface area contributed by atoms with E-state index in [9.17, 15) is 13.2 Å². The van der Waals surface area contributed by atoms with Gasteiger partial charge in [-0.1, -0.05) is 142 Å². The van der Waals surface area contributed by atoms with E-state index in [-0.39, 0.29) is 16.1 Å². The Morgan fingerprint density at radius 2 is 1.18 bits per heavy atom. The summed E-state index contributed by atoms with van der Waals surface area (Å²) in [5, 5.41) is -0.426. The van der Waals surface area contributed by atoms with Gasteiger partial charge in [0.25, 0.3) is 0 Å². The van der Waals surface area contributed by atoms with E-state index >= 15 is 0 Å². The molecule has 0 aliphatic carbocycles. The van der Waals surface area contributed by atoms with Crippen molar-refractivity contribution in [2.24, 2.45) is 5.92 Å². The van der Waals surface area contributed by atoms with Gasteiger partial charge in [0.15, 0.2) is 5.78 Å². The van der Waals surface area contributed by atoms with Crippen LogP contribution in [0.15, 0.2) is 149 Å². The highest BCUT2D eigenvalue weighted by Crippen LogP contribution is 2.47. The number of hydrogen-bond donors (Lipinski definition) is 1. The molecule has 230 valence electrons. The molecule has 1 N–H and O–H groups in total. The van der Waals surface area contributed by atoms with Gasteiger partial charge in [0.05, 0.1) is 16.9 Å². The van der Waals surface area contributed by atoms with Gasteiger partial charge in [0.2, 0.25) is 10.0 Å². The predicted octanol–water partition coefficient (Wildman–Crippen LogP) is 9.34. The minimum atomic E-state index is -4.01. The van der Waals surface area contributed by atoms with Crippen molar-refractivity contribution in [3.63, 3.8) is 0 Å². The van der Waals surface area contributed by atoms with Gasteiger partial charge >= 0.3 is 0 Å². The smallest absolute Gasteiger partial charge is 0.241 e. The summed E-state index contributed by atoms with van der Waals surface area (Å²) in [6.45, 7) is 8.46. The van der Waals surface area contributed by atoms with Crippen LogP contribution >= 0.6 is 11.8 Å². The molecule has 6 heteroatoms. The first kappa shape index (κ1) is 32.4. The maximum Gasteiger partial charge on any atom is 0.241 e. The first-order valence-electron chi connectivity index (χ1n) is 15.1. The second-order valence-corrected chi connectivity index (χ2v) is 15.2. The first-order valence-corrected chi connectivity index (χ1v) is 17.4. The van der Waals surface area contributed by atoms with Crippen molar-refractivity contribution >= 4 is 27.6 Å². The molecule has 5 aromatic rings. The lowest BCUT2D eigenvalue weighted by atomic mass is 9.82. The number of carbonyl (C=O) groups excluding carboxylic acids is 1. The van der Waals surface area contributed by atoms with Crippen LogP contribution in [-0.2, 0) is 15.4 Å². The van der Waals surface area contributed by atoms with Crippen LogP contribution in [-0.4, -0.2) is 14.2 Å². The molecular weight excluding hydrogens is 595 g/mol. The maximum atomic E-state index is 14.8. The molecule has 4 nitrogen and oxygen atoms in total.